The van der Waals surface area contributed by atoms with Crippen LogP contribution >= 0.6 is 0 Å². The van der Waals surface area contributed by atoms with Crippen molar-refractivity contribution in [2.45, 2.75) is 122 Å². The second-order valence-corrected chi connectivity index (χ2v) is 13.5. The number of unbranched alkanes of at least 4 members (excludes halogenated alkanes) is 1. The number of fused-ring (bicyclic) bond motifs is 1. The van der Waals surface area contributed by atoms with Gasteiger partial charge >= 0.3 is 0 Å². The number of aryl methyl sites for hydroxylation is 1. The Hall–Kier alpha value is -1.88. The van der Waals surface area contributed by atoms with Gasteiger partial charge in [0, 0.05) is 23.7 Å². The predicted molar refractivity (Wildman–Crippen MR) is 159 cm³/mol. The zero-order chi connectivity index (χ0) is 27.8. The molecule has 214 valence electrons. The zero-order valence-electron chi connectivity index (χ0n) is 24.5. The third-order valence-corrected chi connectivity index (χ3v) is 11.0. The number of aromatic nitrogens is 1. The maximum atomic E-state index is 11.3. The highest BCUT2D eigenvalue weighted by Crippen LogP contribution is 2.60. The molecule has 4 N–H and O–H groups in total. The van der Waals surface area contributed by atoms with Crippen molar-refractivity contribution in [1.82, 2.24) is 4.98 Å². The van der Waals surface area contributed by atoms with Crippen molar-refractivity contribution in [3.05, 3.63) is 71.1 Å². The second kappa shape index (κ2) is 11.5. The van der Waals surface area contributed by atoms with Crippen LogP contribution in [0.3, 0.4) is 0 Å². The Morgan fingerprint density at radius 2 is 1.95 bits per heavy atom. The minimum Gasteiger partial charge on any atom is -0.393 e. The van der Waals surface area contributed by atoms with E-state index in [1.54, 1.807) is 0 Å². The third kappa shape index (κ3) is 5.67. The van der Waals surface area contributed by atoms with Crippen molar-refractivity contribution in [3.63, 3.8) is 0 Å². The van der Waals surface area contributed by atoms with Crippen LogP contribution in [0.15, 0.2) is 59.9 Å². The first kappa shape index (κ1) is 28.6. The van der Waals surface area contributed by atoms with Gasteiger partial charge < -0.3 is 20.3 Å². The van der Waals surface area contributed by atoms with Crippen LogP contribution in [0.25, 0.3) is 0 Å². The lowest BCUT2D eigenvalue weighted by Crippen LogP contribution is -2.35. The van der Waals surface area contributed by atoms with Gasteiger partial charge in [-0.25, -0.2) is 0 Å². The Morgan fingerprint density at radius 1 is 1.15 bits per heavy atom. The lowest BCUT2D eigenvalue weighted by Gasteiger charge is -2.44. The summed E-state index contributed by atoms with van der Waals surface area (Å²) >= 11 is 0. The molecule has 0 aromatic carbocycles. The molecule has 0 spiro atoms. The summed E-state index contributed by atoms with van der Waals surface area (Å²) in [6, 6.07) is 2.29. The van der Waals surface area contributed by atoms with Gasteiger partial charge in [0.1, 0.15) is 0 Å². The van der Waals surface area contributed by atoms with Crippen LogP contribution in [-0.2, 0) is 11.8 Å². The normalized spacial score (nSPS) is 36.0. The summed E-state index contributed by atoms with van der Waals surface area (Å²) < 4.78 is 0. The molecule has 0 unspecified atom stereocenters. The molecule has 0 radical (unpaired) electrons. The molecular weight excluding hydrogens is 482 g/mol. The molecule has 0 aliphatic heterocycles. The smallest absolute Gasteiger partial charge is 0.0831 e. The van der Waals surface area contributed by atoms with E-state index in [0.717, 1.165) is 36.8 Å². The molecule has 4 saturated carbocycles. The number of allylic oxidation sites excluding steroid dienone is 4. The Kier molecular flexibility index (Phi) is 8.48. The molecule has 1 aromatic heterocycles. The number of hydrogen-bond donors (Lipinski definition) is 4. The minimum absolute atomic E-state index is 0.124. The Balaban J connectivity index is 1.26. The molecule has 4 heteroatoms. The van der Waals surface area contributed by atoms with Gasteiger partial charge in [0.25, 0.3) is 0 Å². The lowest BCUT2D eigenvalue weighted by atomic mass is 9.61. The molecule has 4 aliphatic carbocycles. The number of aromatic amines is 1. The molecule has 1 aromatic rings. The monoisotopic (exact) mass is 533 g/mol. The highest BCUT2D eigenvalue weighted by atomic mass is 16.3. The average Bonchev–Trinajstić information content (AvgIpc) is 3.44. The molecule has 0 amide bonds. The number of aliphatic hydroxyl groups excluding tert-OH is 3. The van der Waals surface area contributed by atoms with E-state index in [1.807, 2.05) is 0 Å². The Bertz CT molecular complexity index is 1120. The van der Waals surface area contributed by atoms with Gasteiger partial charge in [-0.2, -0.15) is 0 Å². The van der Waals surface area contributed by atoms with Gasteiger partial charge in [-0.1, -0.05) is 63.6 Å². The van der Waals surface area contributed by atoms with E-state index in [2.05, 4.69) is 68.9 Å². The molecule has 0 saturated heterocycles. The van der Waals surface area contributed by atoms with Crippen LogP contribution in [0, 0.1) is 23.2 Å². The molecule has 0 bridgehead atoms. The molecule has 4 aliphatic rings. The summed E-state index contributed by atoms with van der Waals surface area (Å²) in [5, 5.41) is 31.7. The number of hydrogen-bond acceptors (Lipinski definition) is 3. The largest absolute Gasteiger partial charge is 0.393 e. The lowest BCUT2D eigenvalue weighted by molar-refractivity contribution is 0.0862. The first-order valence-electron chi connectivity index (χ1n) is 15.7. The molecule has 5 rings (SSSR count). The maximum Gasteiger partial charge on any atom is 0.0831 e. The van der Waals surface area contributed by atoms with E-state index >= 15 is 0 Å². The Morgan fingerprint density at radius 3 is 2.69 bits per heavy atom. The topological polar surface area (TPSA) is 76.5 Å². The Labute approximate surface area is 236 Å². The summed E-state index contributed by atoms with van der Waals surface area (Å²) in [5.74, 6) is 1.61. The zero-order valence-corrected chi connectivity index (χ0v) is 24.5. The first-order chi connectivity index (χ1) is 18.7. The SMILES string of the molecule is C=C1C(=CC=C2CCC[C@]3(C)[C@@H]([C@H](C)C=C[C@H](O)C4(c5cc(CCCC)c[nH]5)CC4)CC[C@@H]23)C[C@@H](O)C[C@@H]1O. The van der Waals surface area contributed by atoms with Gasteiger partial charge in [0.2, 0.25) is 0 Å². The van der Waals surface area contributed by atoms with Crippen molar-refractivity contribution in [1.29, 1.82) is 0 Å². The predicted octanol–water partition coefficient (Wildman–Crippen LogP) is 7.08. The molecule has 4 fully saturated rings. The number of nitrogens with one attached hydrogen (secondary N) is 1. The van der Waals surface area contributed by atoms with E-state index < -0.39 is 18.3 Å². The van der Waals surface area contributed by atoms with Gasteiger partial charge in [0.05, 0.1) is 18.3 Å². The van der Waals surface area contributed by atoms with Gasteiger partial charge in [-0.05, 0) is 110 Å². The van der Waals surface area contributed by atoms with Crippen molar-refractivity contribution in [2.75, 3.05) is 0 Å². The molecule has 4 nitrogen and oxygen atoms in total. The van der Waals surface area contributed by atoms with Gasteiger partial charge in [0.15, 0.2) is 0 Å². The number of aliphatic hydroxyl groups is 3. The summed E-state index contributed by atoms with van der Waals surface area (Å²) in [6.45, 7) is 11.2. The summed E-state index contributed by atoms with van der Waals surface area (Å²) in [7, 11) is 0. The van der Waals surface area contributed by atoms with E-state index in [-0.39, 0.29) is 10.8 Å². The number of rotatable bonds is 9. The van der Waals surface area contributed by atoms with E-state index in [1.165, 1.54) is 55.4 Å². The van der Waals surface area contributed by atoms with Crippen LogP contribution in [-0.4, -0.2) is 38.6 Å². The standard InChI is InChI=1S/C35H51NO3/c1-5-6-8-25-19-32(36-22-25)35(17-18-35)33(39)15-10-23(2)29-13-14-30-26(9-7-16-34(29,30)4)11-12-27-20-28(37)21-31(38)24(27)3/h10-12,15,19,22-23,28-31,33,36-39H,3,5-9,13-14,16-18,20-21H2,1-2,4H3/t23-,28-,29-,30+,31+,33+,34-/m1/s1. The highest BCUT2D eigenvalue weighted by molar-refractivity contribution is 5.39. The van der Waals surface area contributed by atoms with E-state index in [4.69, 9.17) is 0 Å². The van der Waals surface area contributed by atoms with Crippen LogP contribution in [0.4, 0.5) is 0 Å². The number of H-pyrrole nitrogens is 1. The van der Waals surface area contributed by atoms with Gasteiger partial charge in [-0.15, -0.1) is 0 Å². The van der Waals surface area contributed by atoms with Crippen LogP contribution in [0.2, 0.25) is 0 Å². The third-order valence-electron chi connectivity index (χ3n) is 11.0. The molecule has 7 atom stereocenters. The minimum atomic E-state index is -0.635. The first-order valence-corrected chi connectivity index (χ1v) is 15.7. The van der Waals surface area contributed by atoms with Crippen molar-refractivity contribution in [3.8, 4) is 0 Å². The maximum absolute atomic E-state index is 11.3. The highest BCUT2D eigenvalue weighted by Gasteiger charge is 2.52. The van der Waals surface area contributed by atoms with E-state index in [0.29, 0.717) is 30.6 Å². The fourth-order valence-corrected chi connectivity index (χ4v) is 8.32. The van der Waals surface area contributed by atoms with Crippen LogP contribution < -0.4 is 0 Å². The van der Waals surface area contributed by atoms with Crippen molar-refractivity contribution in [2.24, 2.45) is 23.2 Å². The summed E-state index contributed by atoms with van der Waals surface area (Å²) in [6.07, 6.45) is 22.1. The fourth-order valence-electron chi connectivity index (χ4n) is 8.32. The van der Waals surface area contributed by atoms with Gasteiger partial charge in [-0.3, -0.25) is 0 Å². The van der Waals surface area contributed by atoms with Crippen LogP contribution in [0.1, 0.15) is 103 Å². The fraction of sp³-hybridized carbons (Fsp3) is 0.657. The second-order valence-electron chi connectivity index (χ2n) is 13.5. The quantitative estimate of drug-likeness (QED) is 0.256. The summed E-state index contributed by atoms with van der Waals surface area (Å²) in [4.78, 5) is 3.49. The molecule has 1 heterocycles. The molecule has 39 heavy (non-hydrogen) atoms. The summed E-state index contributed by atoms with van der Waals surface area (Å²) in [5.41, 5.74) is 6.01. The molecular formula is C35H51NO3. The average molecular weight is 534 g/mol. The van der Waals surface area contributed by atoms with E-state index in [9.17, 15) is 15.3 Å². The van der Waals surface area contributed by atoms with Crippen molar-refractivity contribution < 1.29 is 15.3 Å². The van der Waals surface area contributed by atoms with Crippen molar-refractivity contribution >= 4 is 0 Å². The van der Waals surface area contributed by atoms with Crippen LogP contribution in [0.5, 0.6) is 0 Å².